The normalized spacial score (nSPS) is 19.4. The number of amides is 1. The van der Waals surface area contributed by atoms with Crippen LogP contribution >= 0.6 is 0 Å². The van der Waals surface area contributed by atoms with E-state index in [0.717, 1.165) is 19.0 Å². The summed E-state index contributed by atoms with van der Waals surface area (Å²) in [6.45, 7) is 3.13. The third-order valence-electron chi connectivity index (χ3n) is 4.00. The maximum absolute atomic E-state index is 12.1. The van der Waals surface area contributed by atoms with E-state index in [0.29, 0.717) is 17.0 Å². The SMILES string of the molecule is COc1cc(C(=O)NC2CN(CC3CC3)C2)ccc1N. The third kappa shape index (κ3) is 2.88. The minimum absolute atomic E-state index is 0.0561. The lowest BCUT2D eigenvalue weighted by Crippen LogP contribution is -2.59. The first kappa shape index (κ1) is 13.2. The maximum atomic E-state index is 12.1. The molecule has 0 aromatic heterocycles. The van der Waals surface area contributed by atoms with Crippen LogP contribution < -0.4 is 15.8 Å². The topological polar surface area (TPSA) is 67.6 Å². The van der Waals surface area contributed by atoms with Gasteiger partial charge in [0.25, 0.3) is 5.91 Å². The highest BCUT2D eigenvalue weighted by atomic mass is 16.5. The summed E-state index contributed by atoms with van der Waals surface area (Å²) in [6.07, 6.45) is 2.75. The minimum Gasteiger partial charge on any atom is -0.495 e. The maximum Gasteiger partial charge on any atom is 0.251 e. The molecule has 0 bridgehead atoms. The van der Waals surface area contributed by atoms with E-state index in [4.69, 9.17) is 10.5 Å². The Kier molecular flexibility index (Phi) is 3.53. The fraction of sp³-hybridized carbons (Fsp3) is 0.533. The van der Waals surface area contributed by atoms with Crippen molar-refractivity contribution in [1.82, 2.24) is 10.2 Å². The number of benzene rings is 1. The molecule has 3 N–H and O–H groups in total. The zero-order valence-corrected chi connectivity index (χ0v) is 11.8. The lowest BCUT2D eigenvalue weighted by Gasteiger charge is -2.39. The molecule has 0 unspecified atom stereocenters. The monoisotopic (exact) mass is 275 g/mol. The second-order valence-corrected chi connectivity index (χ2v) is 5.79. The summed E-state index contributed by atoms with van der Waals surface area (Å²) >= 11 is 0. The van der Waals surface area contributed by atoms with Crippen molar-refractivity contribution in [3.05, 3.63) is 23.8 Å². The average Bonchev–Trinajstić information content (AvgIpc) is 3.20. The van der Waals surface area contributed by atoms with Gasteiger partial charge in [-0.3, -0.25) is 9.69 Å². The summed E-state index contributed by atoms with van der Waals surface area (Å²) < 4.78 is 5.14. The molecule has 1 heterocycles. The highest BCUT2D eigenvalue weighted by Crippen LogP contribution is 2.31. The molecule has 2 aliphatic rings. The van der Waals surface area contributed by atoms with Gasteiger partial charge in [0.05, 0.1) is 18.8 Å². The van der Waals surface area contributed by atoms with Crippen molar-refractivity contribution in [2.24, 2.45) is 5.92 Å². The predicted molar refractivity (Wildman–Crippen MR) is 77.8 cm³/mol. The fourth-order valence-electron chi connectivity index (χ4n) is 2.60. The predicted octanol–water partition coefficient (Wildman–Crippen LogP) is 1.10. The van der Waals surface area contributed by atoms with E-state index in [2.05, 4.69) is 10.2 Å². The van der Waals surface area contributed by atoms with Crippen molar-refractivity contribution < 1.29 is 9.53 Å². The minimum atomic E-state index is -0.0561. The van der Waals surface area contributed by atoms with Crippen molar-refractivity contribution in [1.29, 1.82) is 0 Å². The van der Waals surface area contributed by atoms with Crippen LogP contribution in [0, 0.1) is 5.92 Å². The quantitative estimate of drug-likeness (QED) is 0.790. The number of nitrogens with two attached hydrogens (primary N) is 1. The molecule has 1 aromatic carbocycles. The van der Waals surface area contributed by atoms with Crippen LogP contribution in [-0.4, -0.2) is 43.6 Å². The van der Waals surface area contributed by atoms with Crippen LogP contribution in [0.3, 0.4) is 0 Å². The molecule has 20 heavy (non-hydrogen) atoms. The largest absolute Gasteiger partial charge is 0.495 e. The molecule has 1 saturated carbocycles. The molecular weight excluding hydrogens is 254 g/mol. The lowest BCUT2D eigenvalue weighted by atomic mass is 10.1. The molecule has 1 aromatic rings. The van der Waals surface area contributed by atoms with Crippen molar-refractivity contribution in [3.8, 4) is 5.75 Å². The molecule has 1 saturated heterocycles. The lowest BCUT2D eigenvalue weighted by molar-refractivity contribution is 0.0801. The number of nitrogens with zero attached hydrogens (tertiary/aromatic N) is 1. The number of likely N-dealkylation sites (tertiary alicyclic amines) is 1. The summed E-state index contributed by atoms with van der Waals surface area (Å²) in [6, 6.07) is 5.39. The number of rotatable bonds is 5. The highest BCUT2D eigenvalue weighted by Gasteiger charge is 2.32. The van der Waals surface area contributed by atoms with Crippen LogP contribution in [0.1, 0.15) is 23.2 Å². The molecule has 5 nitrogen and oxygen atoms in total. The number of methoxy groups -OCH3 is 1. The molecule has 1 aliphatic carbocycles. The molecule has 2 fully saturated rings. The summed E-state index contributed by atoms with van der Waals surface area (Å²) in [7, 11) is 1.55. The standard InChI is InChI=1S/C15H21N3O2/c1-20-14-6-11(4-5-13(14)16)15(19)17-12-8-18(9-12)7-10-2-3-10/h4-6,10,12H,2-3,7-9,16H2,1H3,(H,17,19). The Morgan fingerprint density at radius 3 is 2.85 bits per heavy atom. The van der Waals surface area contributed by atoms with Gasteiger partial charge in [0, 0.05) is 25.2 Å². The molecular formula is C15H21N3O2. The van der Waals surface area contributed by atoms with E-state index in [1.165, 1.54) is 19.4 Å². The van der Waals surface area contributed by atoms with Gasteiger partial charge < -0.3 is 15.8 Å². The van der Waals surface area contributed by atoms with Gasteiger partial charge in [0.15, 0.2) is 0 Å². The number of hydrogen-bond acceptors (Lipinski definition) is 4. The van der Waals surface area contributed by atoms with Crippen LogP contribution in [0.4, 0.5) is 5.69 Å². The van der Waals surface area contributed by atoms with Crippen LogP contribution in [-0.2, 0) is 0 Å². The second-order valence-electron chi connectivity index (χ2n) is 5.79. The number of nitrogen functional groups attached to an aromatic ring is 1. The van der Waals surface area contributed by atoms with Crippen LogP contribution in [0.15, 0.2) is 18.2 Å². The van der Waals surface area contributed by atoms with Crippen LogP contribution in [0.25, 0.3) is 0 Å². The Hall–Kier alpha value is -1.75. The molecule has 1 amide bonds. The van der Waals surface area contributed by atoms with E-state index in [9.17, 15) is 4.79 Å². The summed E-state index contributed by atoms with van der Waals surface area (Å²) in [5.41, 5.74) is 6.88. The molecule has 5 heteroatoms. The van der Waals surface area contributed by atoms with Crippen LogP contribution in [0.2, 0.25) is 0 Å². The Labute approximate surface area is 119 Å². The summed E-state index contributed by atoms with van der Waals surface area (Å²) in [5, 5.41) is 3.05. The second kappa shape index (κ2) is 5.32. The Bertz CT molecular complexity index is 508. The van der Waals surface area contributed by atoms with Crippen molar-refractivity contribution >= 4 is 11.6 Å². The first-order valence-corrected chi connectivity index (χ1v) is 7.12. The molecule has 108 valence electrons. The third-order valence-corrected chi connectivity index (χ3v) is 4.00. The molecule has 3 rings (SSSR count). The Morgan fingerprint density at radius 2 is 2.20 bits per heavy atom. The van der Waals surface area contributed by atoms with Crippen molar-refractivity contribution in [2.45, 2.75) is 18.9 Å². The smallest absolute Gasteiger partial charge is 0.251 e. The Balaban J connectivity index is 1.51. The van der Waals surface area contributed by atoms with Gasteiger partial charge in [0.2, 0.25) is 0 Å². The number of nitrogens with one attached hydrogen (secondary N) is 1. The number of anilines is 1. The number of hydrogen-bond donors (Lipinski definition) is 2. The van der Waals surface area contributed by atoms with Gasteiger partial charge in [-0.2, -0.15) is 0 Å². The number of ether oxygens (including phenoxy) is 1. The average molecular weight is 275 g/mol. The van der Waals surface area contributed by atoms with E-state index < -0.39 is 0 Å². The van der Waals surface area contributed by atoms with Crippen molar-refractivity contribution in [2.75, 3.05) is 32.5 Å². The van der Waals surface area contributed by atoms with E-state index in [-0.39, 0.29) is 11.9 Å². The number of carbonyl (C=O) groups is 1. The van der Waals surface area contributed by atoms with Gasteiger partial charge in [-0.05, 0) is 37.0 Å². The van der Waals surface area contributed by atoms with Crippen LogP contribution in [0.5, 0.6) is 5.75 Å². The van der Waals surface area contributed by atoms with Gasteiger partial charge in [0.1, 0.15) is 5.75 Å². The summed E-state index contributed by atoms with van der Waals surface area (Å²) in [5.74, 6) is 1.40. The van der Waals surface area contributed by atoms with Gasteiger partial charge in [-0.1, -0.05) is 0 Å². The van der Waals surface area contributed by atoms with Gasteiger partial charge in [-0.15, -0.1) is 0 Å². The molecule has 0 spiro atoms. The fourth-order valence-corrected chi connectivity index (χ4v) is 2.60. The number of carbonyl (C=O) groups excluding carboxylic acids is 1. The van der Waals surface area contributed by atoms with E-state index in [1.54, 1.807) is 25.3 Å². The van der Waals surface area contributed by atoms with Gasteiger partial charge in [-0.25, -0.2) is 0 Å². The first-order valence-electron chi connectivity index (χ1n) is 7.12. The first-order chi connectivity index (χ1) is 9.65. The Morgan fingerprint density at radius 1 is 1.45 bits per heavy atom. The van der Waals surface area contributed by atoms with Gasteiger partial charge >= 0.3 is 0 Å². The zero-order valence-electron chi connectivity index (χ0n) is 11.8. The zero-order chi connectivity index (χ0) is 14.1. The molecule has 0 atom stereocenters. The summed E-state index contributed by atoms with van der Waals surface area (Å²) in [4.78, 5) is 14.6. The molecule has 1 aliphatic heterocycles. The van der Waals surface area contributed by atoms with Crippen molar-refractivity contribution in [3.63, 3.8) is 0 Å². The van der Waals surface area contributed by atoms with E-state index in [1.807, 2.05) is 0 Å². The van der Waals surface area contributed by atoms with E-state index >= 15 is 0 Å². The molecule has 0 radical (unpaired) electrons. The highest BCUT2D eigenvalue weighted by molar-refractivity contribution is 5.95.